The largest absolute Gasteiger partial charge is 0.508 e. The van der Waals surface area contributed by atoms with Crippen LogP contribution in [-0.2, 0) is 26.9 Å². The van der Waals surface area contributed by atoms with Crippen molar-refractivity contribution in [3.63, 3.8) is 0 Å². The Labute approximate surface area is 175 Å². The van der Waals surface area contributed by atoms with Crippen molar-refractivity contribution in [3.05, 3.63) is 66.0 Å². The number of para-hydroxylation sites is 2. The van der Waals surface area contributed by atoms with E-state index < -0.39 is 9.84 Å². The molecule has 30 heavy (non-hydrogen) atoms. The van der Waals surface area contributed by atoms with Gasteiger partial charge in [0, 0.05) is 19.3 Å². The topological polar surface area (TPSA) is 92.5 Å². The van der Waals surface area contributed by atoms with E-state index in [4.69, 9.17) is 0 Å². The van der Waals surface area contributed by atoms with Crippen LogP contribution < -0.4 is 0 Å². The molecule has 0 saturated heterocycles. The summed E-state index contributed by atoms with van der Waals surface area (Å²) in [4.78, 5) is 19.2. The Kier molecular flexibility index (Phi) is 5.34. The van der Waals surface area contributed by atoms with Gasteiger partial charge < -0.3 is 14.6 Å². The van der Waals surface area contributed by atoms with Gasteiger partial charge in [-0.2, -0.15) is 0 Å². The number of nitrogens with zero attached hydrogens (tertiary/aromatic N) is 3. The summed E-state index contributed by atoms with van der Waals surface area (Å²) in [6, 6.07) is 14.4. The highest BCUT2D eigenvalue weighted by Gasteiger charge is 2.22. The second-order valence-electron chi connectivity index (χ2n) is 7.54. The van der Waals surface area contributed by atoms with E-state index in [1.165, 1.54) is 6.26 Å². The van der Waals surface area contributed by atoms with Gasteiger partial charge in [-0.05, 0) is 41.8 Å². The van der Waals surface area contributed by atoms with Gasteiger partial charge in [0.25, 0.3) is 0 Å². The fourth-order valence-electron chi connectivity index (χ4n) is 3.72. The third-order valence-electron chi connectivity index (χ3n) is 5.22. The monoisotopic (exact) mass is 425 g/mol. The van der Waals surface area contributed by atoms with Crippen LogP contribution >= 0.6 is 0 Å². The predicted molar refractivity (Wildman–Crippen MR) is 116 cm³/mol. The number of fused-ring (bicyclic) bond motifs is 1. The van der Waals surface area contributed by atoms with Gasteiger partial charge in [0.1, 0.15) is 23.9 Å². The minimum absolute atomic E-state index is 0.0494. The number of imidazole rings is 1. The lowest BCUT2D eigenvalue weighted by atomic mass is 9.99. The van der Waals surface area contributed by atoms with E-state index in [2.05, 4.69) is 4.98 Å². The fraction of sp³-hybridized carbons (Fsp3) is 0.273. The van der Waals surface area contributed by atoms with Crippen molar-refractivity contribution < 1.29 is 18.3 Å². The van der Waals surface area contributed by atoms with Crippen LogP contribution in [0.1, 0.15) is 17.8 Å². The van der Waals surface area contributed by atoms with E-state index in [9.17, 15) is 18.3 Å². The molecule has 1 aromatic heterocycles. The molecule has 1 aliphatic rings. The molecular weight excluding hydrogens is 402 g/mol. The molecule has 7 nitrogen and oxygen atoms in total. The summed E-state index contributed by atoms with van der Waals surface area (Å²) >= 11 is 0. The van der Waals surface area contributed by atoms with Gasteiger partial charge in [-0.3, -0.25) is 4.79 Å². The Morgan fingerprint density at radius 1 is 1.13 bits per heavy atom. The minimum Gasteiger partial charge on any atom is -0.508 e. The van der Waals surface area contributed by atoms with Crippen molar-refractivity contribution >= 4 is 32.4 Å². The molecule has 0 fully saturated rings. The first-order valence-electron chi connectivity index (χ1n) is 9.68. The lowest BCUT2D eigenvalue weighted by Crippen LogP contribution is -2.37. The molecule has 2 aromatic carbocycles. The molecule has 3 aromatic rings. The number of hydrogen-bond donors (Lipinski definition) is 1. The van der Waals surface area contributed by atoms with Crippen LogP contribution in [0.25, 0.3) is 16.6 Å². The summed E-state index contributed by atoms with van der Waals surface area (Å²) in [7, 11) is -3.28. The lowest BCUT2D eigenvalue weighted by molar-refractivity contribution is -0.131. The van der Waals surface area contributed by atoms with Gasteiger partial charge in [0.15, 0.2) is 9.84 Å². The molecule has 2 heterocycles. The van der Waals surface area contributed by atoms with E-state index in [1.54, 1.807) is 21.6 Å². The van der Waals surface area contributed by atoms with Gasteiger partial charge >= 0.3 is 0 Å². The number of phenolic OH excluding ortho intramolecular Hbond substituents is 1. The van der Waals surface area contributed by atoms with Crippen LogP contribution in [0.5, 0.6) is 5.75 Å². The summed E-state index contributed by atoms with van der Waals surface area (Å²) in [5.74, 6) is 0.322. The standard InChI is InChI=1S/C22H23N3O4S/c1-30(28,29)15-21-23-19-4-2-3-5-20(19)25(21)14-22(27)24-12-10-17(11-13-24)16-6-8-18(26)9-7-16/h2-10,26H,11-15H2,1H3. The van der Waals surface area contributed by atoms with Crippen LogP contribution in [0.4, 0.5) is 0 Å². The number of aromatic nitrogens is 2. The zero-order valence-corrected chi connectivity index (χ0v) is 17.5. The fourth-order valence-corrected chi connectivity index (χ4v) is 4.40. The molecule has 0 radical (unpaired) electrons. The molecule has 1 amide bonds. The number of sulfone groups is 1. The molecule has 0 spiro atoms. The van der Waals surface area contributed by atoms with Crippen LogP contribution in [0.2, 0.25) is 0 Å². The van der Waals surface area contributed by atoms with Gasteiger partial charge in [-0.15, -0.1) is 0 Å². The highest BCUT2D eigenvalue weighted by molar-refractivity contribution is 7.89. The van der Waals surface area contributed by atoms with E-state index in [0.717, 1.165) is 23.1 Å². The first kappa shape index (κ1) is 20.2. The Morgan fingerprint density at radius 3 is 2.53 bits per heavy atom. The Balaban J connectivity index is 1.54. The first-order valence-corrected chi connectivity index (χ1v) is 11.7. The summed E-state index contributed by atoms with van der Waals surface area (Å²) in [5.41, 5.74) is 3.61. The average molecular weight is 426 g/mol. The predicted octanol–water partition coefficient (Wildman–Crippen LogP) is 2.60. The normalized spacial score (nSPS) is 14.7. The van der Waals surface area contributed by atoms with E-state index in [-0.39, 0.29) is 24.0 Å². The van der Waals surface area contributed by atoms with Crippen molar-refractivity contribution in [2.75, 3.05) is 19.3 Å². The van der Waals surface area contributed by atoms with Crippen LogP contribution in [0.3, 0.4) is 0 Å². The zero-order chi connectivity index (χ0) is 21.3. The summed E-state index contributed by atoms with van der Waals surface area (Å²) < 4.78 is 25.4. The van der Waals surface area contributed by atoms with Crippen molar-refractivity contribution in [2.45, 2.75) is 18.7 Å². The average Bonchev–Trinajstić information content (AvgIpc) is 3.04. The van der Waals surface area contributed by atoms with Crippen LogP contribution in [0.15, 0.2) is 54.6 Å². The molecule has 0 bridgehead atoms. The van der Waals surface area contributed by atoms with E-state index in [1.807, 2.05) is 42.5 Å². The summed E-state index contributed by atoms with van der Waals surface area (Å²) in [6.07, 6.45) is 3.91. The van der Waals surface area contributed by atoms with E-state index >= 15 is 0 Å². The second-order valence-corrected chi connectivity index (χ2v) is 9.68. The van der Waals surface area contributed by atoms with Crippen molar-refractivity contribution in [2.24, 2.45) is 0 Å². The number of phenols is 1. The van der Waals surface area contributed by atoms with Gasteiger partial charge in [0.2, 0.25) is 5.91 Å². The van der Waals surface area contributed by atoms with Crippen molar-refractivity contribution in [1.29, 1.82) is 0 Å². The number of carbonyl (C=O) groups excluding carboxylic acids is 1. The Morgan fingerprint density at radius 2 is 1.87 bits per heavy atom. The molecule has 0 saturated carbocycles. The number of hydrogen-bond acceptors (Lipinski definition) is 5. The smallest absolute Gasteiger partial charge is 0.242 e. The molecule has 1 N–H and O–H groups in total. The summed E-state index contributed by atoms with van der Waals surface area (Å²) in [5, 5.41) is 9.44. The highest BCUT2D eigenvalue weighted by Crippen LogP contribution is 2.25. The van der Waals surface area contributed by atoms with Gasteiger partial charge in [-0.1, -0.05) is 30.3 Å². The van der Waals surface area contributed by atoms with Gasteiger partial charge in [0.05, 0.1) is 11.0 Å². The molecule has 0 aliphatic carbocycles. The van der Waals surface area contributed by atoms with Crippen LogP contribution in [-0.4, -0.2) is 53.2 Å². The Hall–Kier alpha value is -3.13. The molecule has 156 valence electrons. The quantitative estimate of drug-likeness (QED) is 0.678. The first-order chi connectivity index (χ1) is 14.3. The van der Waals surface area contributed by atoms with Crippen molar-refractivity contribution in [1.82, 2.24) is 14.5 Å². The number of amides is 1. The number of rotatable bonds is 5. The highest BCUT2D eigenvalue weighted by atomic mass is 32.2. The summed E-state index contributed by atoms with van der Waals surface area (Å²) in [6.45, 7) is 1.12. The number of carbonyl (C=O) groups is 1. The minimum atomic E-state index is -3.28. The maximum Gasteiger partial charge on any atom is 0.242 e. The molecule has 8 heteroatoms. The Bertz CT molecular complexity index is 1230. The number of aromatic hydroxyl groups is 1. The second kappa shape index (κ2) is 7.95. The molecule has 0 atom stereocenters. The van der Waals surface area contributed by atoms with Crippen molar-refractivity contribution in [3.8, 4) is 5.75 Å². The molecular formula is C22H23N3O4S. The maximum atomic E-state index is 13.0. The maximum absolute atomic E-state index is 13.0. The molecule has 4 rings (SSSR count). The van der Waals surface area contributed by atoms with Gasteiger partial charge in [-0.25, -0.2) is 13.4 Å². The molecule has 1 aliphatic heterocycles. The molecule has 0 unspecified atom stereocenters. The number of benzene rings is 2. The third-order valence-corrected chi connectivity index (χ3v) is 6.00. The third kappa shape index (κ3) is 4.38. The lowest BCUT2D eigenvalue weighted by Gasteiger charge is -2.27. The van der Waals surface area contributed by atoms with Crippen LogP contribution in [0, 0.1) is 0 Å². The SMILES string of the molecule is CS(=O)(=O)Cc1nc2ccccc2n1CC(=O)N1CC=C(c2ccc(O)cc2)CC1. The zero-order valence-electron chi connectivity index (χ0n) is 16.7. The van der Waals surface area contributed by atoms with E-state index in [0.29, 0.717) is 24.4 Å².